The predicted molar refractivity (Wildman–Crippen MR) is 39.6 cm³/mol. The van der Waals surface area contributed by atoms with Crippen LogP contribution in [-0.2, 0) is 11.3 Å². The minimum Gasteiger partial charge on any atom is -0.212 e. The minimum absolute atomic E-state index is 0.179. The second-order valence-corrected chi connectivity index (χ2v) is 2.53. The number of benzene rings is 1. The molecule has 0 radical (unpaired) electrons. The molecule has 0 aromatic heterocycles. The molecule has 0 atom stereocenters. The van der Waals surface area contributed by atoms with Crippen molar-refractivity contribution < 1.29 is 21.8 Å². The van der Waals surface area contributed by atoms with Gasteiger partial charge in [-0.3, -0.25) is 0 Å². The Balaban J connectivity index is 3.49. The summed E-state index contributed by atoms with van der Waals surface area (Å²) in [6.07, 6.45) is 0. The van der Waals surface area contributed by atoms with Gasteiger partial charge in [-0.1, -0.05) is 0 Å². The molecule has 0 aliphatic carbocycles. The molecule has 0 spiro atoms. The Morgan fingerprint density at radius 1 is 1.08 bits per heavy atom. The molecule has 0 bridgehead atoms. The van der Waals surface area contributed by atoms with Crippen molar-refractivity contribution >= 4 is 16.6 Å². The summed E-state index contributed by atoms with van der Waals surface area (Å²) < 4.78 is 59.8. The third kappa shape index (κ3) is 1.77. The molecule has 0 saturated carbocycles. The second kappa shape index (κ2) is 3.69. The summed E-state index contributed by atoms with van der Waals surface area (Å²) in [7, 11) is 0. The van der Waals surface area contributed by atoms with Crippen molar-refractivity contribution in [1.29, 1.82) is 0 Å². The van der Waals surface area contributed by atoms with Crippen LogP contribution in [0.2, 0.25) is 0 Å². The van der Waals surface area contributed by atoms with Gasteiger partial charge in [0.25, 0.3) is 0 Å². The first-order valence-electron chi connectivity index (χ1n) is 3.02. The van der Waals surface area contributed by atoms with Gasteiger partial charge in [-0.15, -0.1) is 0 Å². The Hall–Kier alpha value is -1.17. The quantitative estimate of drug-likeness (QED) is 0.298. The van der Waals surface area contributed by atoms with Crippen LogP contribution in [0, 0.1) is 23.3 Å². The van der Waals surface area contributed by atoms with E-state index in [1.54, 1.807) is 0 Å². The van der Waals surface area contributed by atoms with Crippen molar-refractivity contribution in [2.45, 2.75) is 0 Å². The van der Waals surface area contributed by atoms with E-state index in [0.717, 1.165) is 0 Å². The van der Waals surface area contributed by atoms with Crippen molar-refractivity contribution in [2.24, 2.45) is 0 Å². The number of hydrogen-bond donors (Lipinski definition) is 0. The number of halogens is 4. The largest absolute Gasteiger partial charge is 0.212 e. The summed E-state index contributed by atoms with van der Waals surface area (Å²) in [5.41, 5.74) is -0.601. The van der Waals surface area contributed by atoms with Crippen LogP contribution in [0.3, 0.4) is 0 Å². The molecule has 1 rings (SSSR count). The highest BCUT2D eigenvalue weighted by molar-refractivity contribution is 7.65. The zero-order valence-electron chi connectivity index (χ0n) is 5.98. The molecule has 0 amide bonds. The first-order valence-corrected chi connectivity index (χ1v) is 3.83. The van der Waals surface area contributed by atoms with Crippen LogP contribution in [0.25, 0.3) is 0 Å². The molecule has 1 aromatic rings. The molecule has 6 heteroatoms. The molecular formula is C7H2F4OS. The fourth-order valence-electron chi connectivity index (χ4n) is 0.729. The van der Waals surface area contributed by atoms with E-state index in [0.29, 0.717) is 11.4 Å². The van der Waals surface area contributed by atoms with Crippen molar-refractivity contribution in [1.82, 2.24) is 0 Å². The van der Waals surface area contributed by atoms with Gasteiger partial charge in [-0.25, -0.2) is 21.8 Å². The van der Waals surface area contributed by atoms with Crippen LogP contribution in [0.1, 0.15) is 5.56 Å². The van der Waals surface area contributed by atoms with Crippen molar-refractivity contribution in [3.05, 3.63) is 34.9 Å². The van der Waals surface area contributed by atoms with E-state index in [1.165, 1.54) is 0 Å². The van der Waals surface area contributed by atoms with Gasteiger partial charge in [-0.2, -0.15) is 0 Å². The van der Waals surface area contributed by atoms with E-state index in [-0.39, 0.29) is 11.3 Å². The Bertz CT molecular complexity index is 398. The van der Waals surface area contributed by atoms with Crippen LogP contribution in [0.4, 0.5) is 17.6 Å². The van der Waals surface area contributed by atoms with Gasteiger partial charge in [0.15, 0.2) is 23.3 Å². The van der Waals surface area contributed by atoms with Crippen molar-refractivity contribution in [3.63, 3.8) is 0 Å². The third-order valence-corrected chi connectivity index (χ3v) is 1.66. The fourth-order valence-corrected chi connectivity index (χ4v) is 1.00. The van der Waals surface area contributed by atoms with E-state index in [1.807, 2.05) is 0 Å². The summed E-state index contributed by atoms with van der Waals surface area (Å²) in [5.74, 6) is -6.90. The van der Waals surface area contributed by atoms with Crippen molar-refractivity contribution in [3.8, 4) is 0 Å². The Morgan fingerprint density at radius 3 is 2.23 bits per heavy atom. The standard InChI is InChI=1S/C7H2F4OS/c8-4-1-3(2-13-12)5(9)7(11)6(4)10/h1-2H. The van der Waals surface area contributed by atoms with E-state index >= 15 is 0 Å². The molecule has 70 valence electrons. The maximum absolute atomic E-state index is 12.7. The molecule has 0 saturated heterocycles. The lowest BCUT2D eigenvalue weighted by molar-refractivity contribution is 0.408. The first kappa shape index (κ1) is 9.91. The van der Waals surface area contributed by atoms with E-state index < -0.39 is 28.8 Å². The normalized spacial score (nSPS) is 9.85. The second-order valence-electron chi connectivity index (χ2n) is 2.10. The summed E-state index contributed by atoms with van der Waals surface area (Å²) in [6.45, 7) is 0. The summed E-state index contributed by atoms with van der Waals surface area (Å²) in [6, 6.07) is 0.415. The molecule has 0 aliphatic rings. The SMILES string of the molecule is O=S=Cc1cc(F)c(F)c(F)c1F. The number of rotatable bonds is 1. The van der Waals surface area contributed by atoms with Gasteiger partial charge in [0.2, 0.25) is 0 Å². The summed E-state index contributed by atoms with van der Waals surface area (Å²) in [5, 5.41) is 0.640. The maximum Gasteiger partial charge on any atom is 0.198 e. The average molecular weight is 210 g/mol. The predicted octanol–water partition coefficient (Wildman–Crippen LogP) is 1.61. The lowest BCUT2D eigenvalue weighted by Crippen LogP contribution is -2.00. The molecule has 0 N–H and O–H groups in total. The Labute approximate surface area is 74.1 Å². The molecule has 0 aliphatic heterocycles. The molecular weight excluding hydrogens is 208 g/mol. The lowest BCUT2D eigenvalue weighted by Gasteiger charge is -1.99. The highest BCUT2D eigenvalue weighted by Gasteiger charge is 2.17. The van der Waals surface area contributed by atoms with Gasteiger partial charge in [0.1, 0.15) is 0 Å². The van der Waals surface area contributed by atoms with Gasteiger partial charge in [0.05, 0.1) is 11.3 Å². The molecule has 0 unspecified atom stereocenters. The molecule has 0 fully saturated rings. The van der Waals surface area contributed by atoms with Crippen LogP contribution >= 0.6 is 0 Å². The van der Waals surface area contributed by atoms with E-state index in [2.05, 4.69) is 0 Å². The Kier molecular flexibility index (Phi) is 2.82. The summed E-state index contributed by atoms with van der Waals surface area (Å²) >= 11 is -0.179. The zero-order valence-corrected chi connectivity index (χ0v) is 6.80. The minimum atomic E-state index is -1.92. The van der Waals surface area contributed by atoms with Gasteiger partial charge in [0, 0.05) is 10.9 Å². The van der Waals surface area contributed by atoms with E-state index in [9.17, 15) is 21.8 Å². The lowest BCUT2D eigenvalue weighted by atomic mass is 10.2. The highest BCUT2D eigenvalue weighted by Crippen LogP contribution is 2.16. The van der Waals surface area contributed by atoms with Gasteiger partial charge in [-0.05, 0) is 6.07 Å². The molecule has 1 aromatic carbocycles. The fraction of sp³-hybridized carbons (Fsp3) is 0. The van der Waals surface area contributed by atoms with E-state index in [4.69, 9.17) is 0 Å². The van der Waals surface area contributed by atoms with Crippen LogP contribution in [0.15, 0.2) is 6.07 Å². The van der Waals surface area contributed by atoms with Crippen LogP contribution < -0.4 is 0 Å². The molecule has 1 nitrogen and oxygen atoms in total. The van der Waals surface area contributed by atoms with Gasteiger partial charge < -0.3 is 0 Å². The Morgan fingerprint density at radius 2 is 1.69 bits per heavy atom. The topological polar surface area (TPSA) is 17.1 Å². The number of hydrogen-bond acceptors (Lipinski definition) is 1. The van der Waals surface area contributed by atoms with Crippen LogP contribution in [0.5, 0.6) is 0 Å². The average Bonchev–Trinajstić information content (AvgIpc) is 2.11. The first-order chi connectivity index (χ1) is 6.07. The smallest absolute Gasteiger partial charge is 0.198 e. The van der Waals surface area contributed by atoms with Crippen LogP contribution in [-0.4, -0.2) is 9.58 Å². The molecule has 0 heterocycles. The molecule has 13 heavy (non-hydrogen) atoms. The third-order valence-electron chi connectivity index (χ3n) is 1.31. The zero-order chi connectivity index (χ0) is 10.0. The maximum atomic E-state index is 12.7. The van der Waals surface area contributed by atoms with Crippen molar-refractivity contribution in [2.75, 3.05) is 0 Å². The highest BCUT2D eigenvalue weighted by atomic mass is 32.1. The monoisotopic (exact) mass is 210 g/mol. The summed E-state index contributed by atoms with van der Waals surface area (Å²) in [4.78, 5) is 0. The van der Waals surface area contributed by atoms with Gasteiger partial charge >= 0.3 is 0 Å².